The number of nitrogens with one attached hydrogen (secondary N) is 1. The normalized spacial score (nSPS) is 10.7. The predicted molar refractivity (Wildman–Crippen MR) is 82.2 cm³/mol. The molecule has 21 heavy (non-hydrogen) atoms. The second-order valence-corrected chi connectivity index (χ2v) is 5.15. The largest absolute Gasteiger partial charge is 0.454 e. The van der Waals surface area contributed by atoms with Crippen molar-refractivity contribution in [3.8, 4) is 11.5 Å². The van der Waals surface area contributed by atoms with E-state index in [0.29, 0.717) is 12.3 Å². The fourth-order valence-corrected chi connectivity index (χ4v) is 2.00. The Bertz CT molecular complexity index is 614. The first-order chi connectivity index (χ1) is 10.1. The van der Waals surface area contributed by atoms with Crippen LogP contribution in [-0.2, 0) is 6.54 Å². The van der Waals surface area contributed by atoms with Crippen LogP contribution in [0, 0.1) is 19.7 Å². The van der Waals surface area contributed by atoms with Crippen molar-refractivity contribution >= 4 is 0 Å². The molecule has 0 aliphatic carbocycles. The summed E-state index contributed by atoms with van der Waals surface area (Å²) >= 11 is 0. The van der Waals surface area contributed by atoms with Gasteiger partial charge in [0.25, 0.3) is 0 Å². The van der Waals surface area contributed by atoms with E-state index in [9.17, 15) is 4.39 Å². The quantitative estimate of drug-likeness (QED) is 0.812. The zero-order chi connectivity index (χ0) is 15.2. The van der Waals surface area contributed by atoms with E-state index in [4.69, 9.17) is 4.74 Å². The van der Waals surface area contributed by atoms with Crippen molar-refractivity contribution in [1.82, 2.24) is 10.3 Å². The number of halogens is 1. The number of aryl methyl sites for hydroxylation is 2. The Hall–Kier alpha value is -1.94. The molecule has 0 atom stereocenters. The van der Waals surface area contributed by atoms with Crippen LogP contribution < -0.4 is 10.1 Å². The highest BCUT2D eigenvalue weighted by molar-refractivity contribution is 5.39. The monoisotopic (exact) mass is 288 g/mol. The SMILES string of the molecule is CCCNCc1cnc(C)cc1Oc1cc(C)ccc1F. The van der Waals surface area contributed by atoms with E-state index in [1.807, 2.05) is 19.9 Å². The van der Waals surface area contributed by atoms with Crippen LogP contribution in [0.15, 0.2) is 30.5 Å². The van der Waals surface area contributed by atoms with Gasteiger partial charge in [-0.2, -0.15) is 0 Å². The number of ether oxygens (including phenoxy) is 1. The highest BCUT2D eigenvalue weighted by Crippen LogP contribution is 2.28. The third-order valence-corrected chi connectivity index (χ3v) is 3.13. The van der Waals surface area contributed by atoms with Gasteiger partial charge in [-0.05, 0) is 44.5 Å². The lowest BCUT2D eigenvalue weighted by atomic mass is 10.2. The minimum absolute atomic E-state index is 0.248. The van der Waals surface area contributed by atoms with Gasteiger partial charge >= 0.3 is 0 Å². The first kappa shape index (κ1) is 15.4. The summed E-state index contributed by atoms with van der Waals surface area (Å²) in [7, 11) is 0. The highest BCUT2D eigenvalue weighted by atomic mass is 19.1. The maximum Gasteiger partial charge on any atom is 0.165 e. The second-order valence-electron chi connectivity index (χ2n) is 5.15. The number of pyridine rings is 1. The van der Waals surface area contributed by atoms with Gasteiger partial charge in [-0.1, -0.05) is 13.0 Å². The van der Waals surface area contributed by atoms with Gasteiger partial charge in [-0.15, -0.1) is 0 Å². The third-order valence-electron chi connectivity index (χ3n) is 3.13. The van der Waals surface area contributed by atoms with Crippen LogP contribution in [0.25, 0.3) is 0 Å². The van der Waals surface area contributed by atoms with Crippen LogP contribution in [0.5, 0.6) is 11.5 Å². The molecule has 2 aromatic rings. The molecule has 4 heteroatoms. The summed E-state index contributed by atoms with van der Waals surface area (Å²) in [4.78, 5) is 4.29. The Morgan fingerprint density at radius 1 is 1.19 bits per heavy atom. The van der Waals surface area contributed by atoms with Crippen LogP contribution in [0.3, 0.4) is 0 Å². The lowest BCUT2D eigenvalue weighted by Crippen LogP contribution is -2.14. The van der Waals surface area contributed by atoms with E-state index in [1.54, 1.807) is 18.3 Å². The number of hydrogen-bond acceptors (Lipinski definition) is 3. The standard InChI is InChI=1S/C17H21FN2O/c1-4-7-19-10-14-11-20-13(3)9-16(14)21-17-8-12(2)5-6-15(17)18/h5-6,8-9,11,19H,4,7,10H2,1-3H3. The molecule has 0 amide bonds. The summed E-state index contributed by atoms with van der Waals surface area (Å²) in [5.41, 5.74) is 2.73. The molecule has 3 nitrogen and oxygen atoms in total. The summed E-state index contributed by atoms with van der Waals surface area (Å²) in [6.07, 6.45) is 2.84. The maximum absolute atomic E-state index is 13.8. The fraction of sp³-hybridized carbons (Fsp3) is 0.353. The Morgan fingerprint density at radius 2 is 2.00 bits per heavy atom. The Kier molecular flexibility index (Phi) is 5.28. The van der Waals surface area contributed by atoms with E-state index in [-0.39, 0.29) is 11.6 Å². The number of nitrogens with zero attached hydrogens (tertiary/aromatic N) is 1. The minimum atomic E-state index is -0.359. The molecule has 0 bridgehead atoms. The first-order valence-electron chi connectivity index (χ1n) is 7.20. The maximum atomic E-state index is 13.8. The first-order valence-corrected chi connectivity index (χ1v) is 7.20. The molecule has 0 saturated carbocycles. The molecule has 1 N–H and O–H groups in total. The molecule has 0 fully saturated rings. The zero-order valence-corrected chi connectivity index (χ0v) is 12.7. The van der Waals surface area contributed by atoms with Crippen LogP contribution in [0.1, 0.15) is 30.2 Å². The molecule has 0 saturated heterocycles. The summed E-state index contributed by atoms with van der Waals surface area (Å²) in [6, 6.07) is 6.69. The number of aromatic nitrogens is 1. The summed E-state index contributed by atoms with van der Waals surface area (Å²) < 4.78 is 19.6. The van der Waals surface area contributed by atoms with Gasteiger partial charge in [-0.25, -0.2) is 4.39 Å². The van der Waals surface area contributed by atoms with Crippen molar-refractivity contribution in [2.45, 2.75) is 33.7 Å². The van der Waals surface area contributed by atoms with Crippen molar-refractivity contribution in [3.63, 3.8) is 0 Å². The van der Waals surface area contributed by atoms with E-state index >= 15 is 0 Å². The Labute approximate surface area is 125 Å². The minimum Gasteiger partial charge on any atom is -0.454 e. The molecule has 0 aliphatic heterocycles. The van der Waals surface area contributed by atoms with Crippen molar-refractivity contribution in [2.75, 3.05) is 6.54 Å². The molecular formula is C17H21FN2O. The average Bonchev–Trinajstić information content (AvgIpc) is 2.45. The lowest BCUT2D eigenvalue weighted by molar-refractivity contribution is 0.434. The molecule has 112 valence electrons. The van der Waals surface area contributed by atoms with Gasteiger partial charge in [0, 0.05) is 30.1 Å². The number of hydrogen-bond donors (Lipinski definition) is 1. The molecule has 0 aliphatic rings. The number of benzene rings is 1. The predicted octanol–water partition coefficient (Wildman–Crippen LogP) is 4.13. The summed E-state index contributed by atoms with van der Waals surface area (Å²) in [6.45, 7) is 7.49. The smallest absolute Gasteiger partial charge is 0.165 e. The zero-order valence-electron chi connectivity index (χ0n) is 12.7. The van der Waals surface area contributed by atoms with Gasteiger partial charge in [0.2, 0.25) is 0 Å². The van der Waals surface area contributed by atoms with E-state index < -0.39 is 0 Å². The van der Waals surface area contributed by atoms with Crippen molar-refractivity contribution < 1.29 is 9.13 Å². The molecule has 2 rings (SSSR count). The van der Waals surface area contributed by atoms with Crippen LogP contribution in [0.2, 0.25) is 0 Å². The van der Waals surface area contributed by atoms with Crippen molar-refractivity contribution in [1.29, 1.82) is 0 Å². The van der Waals surface area contributed by atoms with Crippen LogP contribution in [0.4, 0.5) is 4.39 Å². The Morgan fingerprint density at radius 3 is 2.76 bits per heavy atom. The van der Waals surface area contributed by atoms with Gasteiger partial charge in [0.15, 0.2) is 11.6 Å². The fourth-order valence-electron chi connectivity index (χ4n) is 2.00. The molecule has 1 aromatic carbocycles. The molecule has 0 spiro atoms. The summed E-state index contributed by atoms with van der Waals surface area (Å²) in [5, 5.41) is 3.31. The molecule has 0 radical (unpaired) electrons. The third kappa shape index (κ3) is 4.26. The topological polar surface area (TPSA) is 34.2 Å². The van der Waals surface area contributed by atoms with Gasteiger partial charge in [0.1, 0.15) is 5.75 Å². The van der Waals surface area contributed by atoms with E-state index in [2.05, 4.69) is 17.2 Å². The van der Waals surface area contributed by atoms with E-state index in [0.717, 1.165) is 29.8 Å². The van der Waals surface area contributed by atoms with Gasteiger partial charge in [0.05, 0.1) is 0 Å². The van der Waals surface area contributed by atoms with Crippen LogP contribution >= 0.6 is 0 Å². The van der Waals surface area contributed by atoms with Crippen molar-refractivity contribution in [3.05, 3.63) is 53.1 Å². The Balaban J connectivity index is 2.25. The average molecular weight is 288 g/mol. The molecule has 0 unspecified atom stereocenters. The van der Waals surface area contributed by atoms with Crippen LogP contribution in [-0.4, -0.2) is 11.5 Å². The molecule has 1 aromatic heterocycles. The van der Waals surface area contributed by atoms with Gasteiger partial charge in [-0.3, -0.25) is 4.98 Å². The number of rotatable bonds is 6. The summed E-state index contributed by atoms with van der Waals surface area (Å²) in [5.74, 6) is 0.537. The van der Waals surface area contributed by atoms with E-state index in [1.165, 1.54) is 6.07 Å². The molecular weight excluding hydrogens is 267 g/mol. The lowest BCUT2D eigenvalue weighted by Gasteiger charge is -2.13. The van der Waals surface area contributed by atoms with Gasteiger partial charge < -0.3 is 10.1 Å². The second kappa shape index (κ2) is 7.18. The molecule has 1 heterocycles. The highest BCUT2D eigenvalue weighted by Gasteiger charge is 2.10. The van der Waals surface area contributed by atoms with Crippen molar-refractivity contribution in [2.24, 2.45) is 0 Å².